The average Bonchev–Trinajstić information content (AvgIpc) is 2.50. The highest BCUT2D eigenvalue weighted by atomic mass is 16.1. The standard InChI is InChI=1S/C18H24N2O/c1-3-4-12-20(2)13-11-18(21)19-17-10-9-15-7-5-6-8-16(15)14-17/h5-10,14H,3-4,11-13H2,1-2H3,(H,19,21). The van der Waals surface area contributed by atoms with Crippen molar-refractivity contribution < 1.29 is 4.79 Å². The molecule has 0 aliphatic carbocycles. The molecule has 0 heterocycles. The van der Waals surface area contributed by atoms with Crippen molar-refractivity contribution >= 4 is 22.4 Å². The lowest BCUT2D eigenvalue weighted by Gasteiger charge is -2.15. The van der Waals surface area contributed by atoms with Crippen molar-refractivity contribution in [2.24, 2.45) is 0 Å². The van der Waals surface area contributed by atoms with E-state index in [-0.39, 0.29) is 5.91 Å². The molecule has 0 saturated carbocycles. The van der Waals surface area contributed by atoms with Crippen LogP contribution < -0.4 is 5.32 Å². The van der Waals surface area contributed by atoms with Gasteiger partial charge in [0, 0.05) is 18.7 Å². The molecule has 1 amide bonds. The lowest BCUT2D eigenvalue weighted by Crippen LogP contribution is -2.25. The van der Waals surface area contributed by atoms with Crippen molar-refractivity contribution in [1.82, 2.24) is 4.90 Å². The third-order valence-electron chi connectivity index (χ3n) is 3.65. The number of nitrogens with zero attached hydrogens (tertiary/aromatic N) is 1. The summed E-state index contributed by atoms with van der Waals surface area (Å²) in [4.78, 5) is 14.2. The fourth-order valence-electron chi connectivity index (χ4n) is 2.32. The van der Waals surface area contributed by atoms with Crippen LogP contribution in [0.2, 0.25) is 0 Å². The number of hydrogen-bond acceptors (Lipinski definition) is 2. The molecule has 2 aromatic rings. The lowest BCUT2D eigenvalue weighted by atomic mass is 10.1. The van der Waals surface area contributed by atoms with Crippen molar-refractivity contribution in [2.45, 2.75) is 26.2 Å². The van der Waals surface area contributed by atoms with Crippen LogP contribution in [-0.4, -0.2) is 30.9 Å². The third kappa shape index (κ3) is 4.87. The van der Waals surface area contributed by atoms with Gasteiger partial charge in [0.2, 0.25) is 5.91 Å². The normalized spacial score (nSPS) is 11.0. The van der Waals surface area contributed by atoms with Crippen LogP contribution in [0.4, 0.5) is 5.69 Å². The number of anilines is 1. The van der Waals surface area contributed by atoms with E-state index in [0.717, 1.165) is 24.2 Å². The number of carbonyl (C=O) groups is 1. The second-order valence-electron chi connectivity index (χ2n) is 5.52. The van der Waals surface area contributed by atoms with Crippen LogP contribution in [0.25, 0.3) is 10.8 Å². The molecule has 0 aliphatic rings. The van der Waals surface area contributed by atoms with Crippen molar-refractivity contribution in [3.63, 3.8) is 0 Å². The summed E-state index contributed by atoms with van der Waals surface area (Å²) in [6.07, 6.45) is 2.91. The smallest absolute Gasteiger partial charge is 0.225 e. The van der Waals surface area contributed by atoms with Crippen LogP contribution in [0.5, 0.6) is 0 Å². The van der Waals surface area contributed by atoms with Crippen LogP contribution in [0, 0.1) is 0 Å². The molecule has 0 fully saturated rings. The Hall–Kier alpha value is -1.87. The number of hydrogen-bond donors (Lipinski definition) is 1. The first-order valence-corrected chi connectivity index (χ1v) is 7.66. The minimum Gasteiger partial charge on any atom is -0.326 e. The van der Waals surface area contributed by atoms with Gasteiger partial charge in [-0.25, -0.2) is 0 Å². The van der Waals surface area contributed by atoms with Gasteiger partial charge in [0.1, 0.15) is 0 Å². The Morgan fingerprint density at radius 2 is 1.86 bits per heavy atom. The number of unbranched alkanes of at least 4 members (excludes halogenated alkanes) is 1. The van der Waals surface area contributed by atoms with E-state index in [1.807, 2.05) is 30.3 Å². The van der Waals surface area contributed by atoms with Gasteiger partial charge >= 0.3 is 0 Å². The first kappa shape index (κ1) is 15.5. The zero-order chi connectivity index (χ0) is 15.1. The van der Waals surface area contributed by atoms with E-state index in [0.29, 0.717) is 6.42 Å². The highest BCUT2D eigenvalue weighted by molar-refractivity contribution is 5.94. The molecular weight excluding hydrogens is 260 g/mol. The largest absolute Gasteiger partial charge is 0.326 e. The maximum Gasteiger partial charge on any atom is 0.225 e. The zero-order valence-electron chi connectivity index (χ0n) is 12.9. The third-order valence-corrected chi connectivity index (χ3v) is 3.65. The molecule has 1 N–H and O–H groups in total. The Kier molecular flexibility index (Phi) is 5.76. The molecular formula is C18H24N2O. The predicted molar refractivity (Wildman–Crippen MR) is 89.6 cm³/mol. The van der Waals surface area contributed by atoms with E-state index in [4.69, 9.17) is 0 Å². The summed E-state index contributed by atoms with van der Waals surface area (Å²) in [5.41, 5.74) is 0.870. The van der Waals surface area contributed by atoms with E-state index >= 15 is 0 Å². The SMILES string of the molecule is CCCCN(C)CCC(=O)Nc1ccc2ccccc2c1. The van der Waals surface area contributed by atoms with Gasteiger partial charge in [-0.15, -0.1) is 0 Å². The summed E-state index contributed by atoms with van der Waals surface area (Å²) in [5, 5.41) is 5.32. The molecule has 0 atom stereocenters. The number of amides is 1. The molecule has 0 spiro atoms. The van der Waals surface area contributed by atoms with Gasteiger partial charge in [-0.1, -0.05) is 43.7 Å². The van der Waals surface area contributed by atoms with Crippen molar-refractivity contribution in [3.05, 3.63) is 42.5 Å². The number of carbonyl (C=O) groups excluding carboxylic acids is 1. The fourth-order valence-corrected chi connectivity index (χ4v) is 2.32. The van der Waals surface area contributed by atoms with Crippen LogP contribution in [0.1, 0.15) is 26.2 Å². The molecule has 0 bridgehead atoms. The summed E-state index contributed by atoms with van der Waals surface area (Å²) >= 11 is 0. The monoisotopic (exact) mass is 284 g/mol. The number of benzene rings is 2. The summed E-state index contributed by atoms with van der Waals surface area (Å²) < 4.78 is 0. The molecule has 0 aliphatic heterocycles. The quantitative estimate of drug-likeness (QED) is 0.836. The zero-order valence-corrected chi connectivity index (χ0v) is 12.9. The van der Waals surface area contributed by atoms with Gasteiger partial charge in [0.05, 0.1) is 0 Å². The Morgan fingerprint density at radius 3 is 2.62 bits per heavy atom. The summed E-state index contributed by atoms with van der Waals surface area (Å²) in [6, 6.07) is 14.2. The Morgan fingerprint density at radius 1 is 1.10 bits per heavy atom. The van der Waals surface area contributed by atoms with Gasteiger partial charge < -0.3 is 10.2 Å². The van der Waals surface area contributed by atoms with E-state index in [2.05, 4.69) is 36.3 Å². The molecule has 0 aromatic heterocycles. The average molecular weight is 284 g/mol. The van der Waals surface area contributed by atoms with Crippen LogP contribution >= 0.6 is 0 Å². The molecule has 112 valence electrons. The van der Waals surface area contributed by atoms with E-state index < -0.39 is 0 Å². The minimum absolute atomic E-state index is 0.0774. The van der Waals surface area contributed by atoms with E-state index in [9.17, 15) is 4.79 Å². The molecule has 2 aromatic carbocycles. The minimum atomic E-state index is 0.0774. The van der Waals surface area contributed by atoms with Gasteiger partial charge in [-0.2, -0.15) is 0 Å². The van der Waals surface area contributed by atoms with Crippen LogP contribution in [-0.2, 0) is 4.79 Å². The van der Waals surface area contributed by atoms with Crippen LogP contribution in [0.3, 0.4) is 0 Å². The number of nitrogens with one attached hydrogen (secondary N) is 1. The first-order valence-electron chi connectivity index (χ1n) is 7.66. The van der Waals surface area contributed by atoms with Crippen molar-refractivity contribution in [2.75, 3.05) is 25.5 Å². The predicted octanol–water partition coefficient (Wildman–Crippen LogP) is 3.90. The van der Waals surface area contributed by atoms with E-state index in [1.165, 1.54) is 18.2 Å². The van der Waals surface area contributed by atoms with Gasteiger partial charge in [-0.05, 0) is 42.9 Å². The summed E-state index contributed by atoms with van der Waals surface area (Å²) in [5.74, 6) is 0.0774. The maximum absolute atomic E-state index is 12.0. The molecule has 0 unspecified atom stereocenters. The number of fused-ring (bicyclic) bond motifs is 1. The molecule has 21 heavy (non-hydrogen) atoms. The second kappa shape index (κ2) is 7.79. The molecule has 0 saturated heterocycles. The van der Waals surface area contributed by atoms with Gasteiger partial charge in [0.25, 0.3) is 0 Å². The molecule has 0 radical (unpaired) electrons. The molecule has 3 nitrogen and oxygen atoms in total. The van der Waals surface area contributed by atoms with Gasteiger partial charge in [-0.3, -0.25) is 4.79 Å². The fraction of sp³-hybridized carbons (Fsp3) is 0.389. The molecule has 3 heteroatoms. The van der Waals surface area contributed by atoms with Crippen LogP contribution in [0.15, 0.2) is 42.5 Å². The second-order valence-corrected chi connectivity index (χ2v) is 5.52. The topological polar surface area (TPSA) is 32.3 Å². The maximum atomic E-state index is 12.0. The summed E-state index contributed by atoms with van der Waals surface area (Å²) in [7, 11) is 2.07. The highest BCUT2D eigenvalue weighted by Gasteiger charge is 2.05. The van der Waals surface area contributed by atoms with Crippen molar-refractivity contribution in [1.29, 1.82) is 0 Å². The first-order chi connectivity index (χ1) is 10.2. The van der Waals surface area contributed by atoms with Crippen molar-refractivity contribution in [3.8, 4) is 0 Å². The highest BCUT2D eigenvalue weighted by Crippen LogP contribution is 2.18. The number of rotatable bonds is 7. The Bertz CT molecular complexity index is 595. The Labute approximate surface area is 127 Å². The lowest BCUT2D eigenvalue weighted by molar-refractivity contribution is -0.116. The van der Waals surface area contributed by atoms with E-state index in [1.54, 1.807) is 0 Å². The summed E-state index contributed by atoms with van der Waals surface area (Å²) in [6.45, 7) is 4.04. The Balaban J connectivity index is 1.86. The molecule has 2 rings (SSSR count). The van der Waals surface area contributed by atoms with Gasteiger partial charge in [0.15, 0.2) is 0 Å².